The molecule has 1 aromatic rings. The average Bonchev–Trinajstić information content (AvgIpc) is 2.26. The minimum absolute atomic E-state index is 0.00458. The summed E-state index contributed by atoms with van der Waals surface area (Å²) in [5.41, 5.74) is 4.84. The zero-order valence-corrected chi connectivity index (χ0v) is 10.5. The third kappa shape index (κ3) is 4.52. The van der Waals surface area contributed by atoms with Gasteiger partial charge in [-0.3, -0.25) is 14.9 Å². The lowest BCUT2D eigenvalue weighted by Gasteiger charge is -2.07. The summed E-state index contributed by atoms with van der Waals surface area (Å²) in [5.74, 6) is -1.14. The van der Waals surface area contributed by atoms with E-state index in [0.29, 0.717) is 0 Å². The molecule has 0 spiro atoms. The number of benzene rings is 1. The molecule has 1 aromatic carbocycles. The Hall–Kier alpha value is -2.20. The predicted octanol–water partition coefficient (Wildman–Crippen LogP) is -0.606. The molecule has 10 heteroatoms. The summed E-state index contributed by atoms with van der Waals surface area (Å²) in [6.45, 7) is -0.123. The van der Waals surface area contributed by atoms with E-state index in [1.54, 1.807) is 0 Å². The number of nitrogens with two attached hydrogens (primary N) is 2. The molecule has 0 radical (unpaired) electrons. The molecular weight excluding hydrogens is 276 g/mol. The summed E-state index contributed by atoms with van der Waals surface area (Å²) in [6, 6.07) is 3.51. The van der Waals surface area contributed by atoms with Crippen LogP contribution >= 0.6 is 0 Å². The van der Waals surface area contributed by atoms with Gasteiger partial charge < -0.3 is 11.1 Å². The van der Waals surface area contributed by atoms with E-state index >= 15 is 0 Å². The summed E-state index contributed by atoms with van der Waals surface area (Å²) in [5, 5.41) is 18.1. The van der Waals surface area contributed by atoms with Gasteiger partial charge in [-0.1, -0.05) is 0 Å². The maximum absolute atomic E-state index is 11.0. The summed E-state index contributed by atoms with van der Waals surface area (Å²) >= 11 is 0. The van der Waals surface area contributed by atoms with Crippen LogP contribution < -0.4 is 16.2 Å². The zero-order chi connectivity index (χ0) is 14.6. The summed E-state index contributed by atoms with van der Waals surface area (Å²) < 4.78 is 21.5. The smallest absolute Gasteiger partial charge is 0.292 e. The monoisotopic (exact) mass is 288 g/mol. The molecule has 5 N–H and O–H groups in total. The largest absolute Gasteiger partial charge is 0.378 e. The van der Waals surface area contributed by atoms with Gasteiger partial charge in [0.05, 0.1) is 10.7 Å². The van der Waals surface area contributed by atoms with Crippen LogP contribution in [0.5, 0.6) is 0 Å². The quantitative estimate of drug-likeness (QED) is 0.468. The molecule has 0 aliphatic heterocycles. The minimum atomic E-state index is -3.68. The molecule has 0 saturated heterocycles. The van der Waals surface area contributed by atoms with Crippen LogP contribution in [-0.2, 0) is 10.0 Å². The van der Waals surface area contributed by atoms with Gasteiger partial charge in [0, 0.05) is 18.2 Å². The van der Waals surface area contributed by atoms with Crippen molar-refractivity contribution in [1.82, 2.24) is 0 Å². The summed E-state index contributed by atoms with van der Waals surface area (Å²) in [4.78, 5) is 21.1. The Balaban J connectivity index is 2.98. The van der Waals surface area contributed by atoms with Crippen molar-refractivity contribution in [1.29, 1.82) is 0 Å². The lowest BCUT2D eigenvalue weighted by Crippen LogP contribution is -2.22. The number of hydrogen-bond acceptors (Lipinski definition) is 6. The normalized spacial score (nSPS) is 11.0. The van der Waals surface area contributed by atoms with Crippen LogP contribution in [0.2, 0.25) is 0 Å². The number of sulfonamides is 1. The van der Waals surface area contributed by atoms with E-state index in [4.69, 9.17) is 10.9 Å². The SMILES string of the molecule is NC(=O)c1ccc([N+](=O)[O-])c(NCCS(N)(=O)=O)c1. The number of nitrogens with zero attached hydrogens (tertiary/aromatic N) is 1. The fourth-order valence-corrected chi connectivity index (χ4v) is 1.70. The van der Waals surface area contributed by atoms with Gasteiger partial charge in [-0.15, -0.1) is 0 Å². The molecule has 0 fully saturated rings. The molecule has 0 aliphatic carbocycles. The van der Waals surface area contributed by atoms with Gasteiger partial charge in [-0.05, 0) is 12.1 Å². The Kier molecular flexibility index (Phi) is 4.40. The second kappa shape index (κ2) is 5.63. The van der Waals surface area contributed by atoms with Crippen molar-refractivity contribution in [3.05, 3.63) is 33.9 Å². The first kappa shape index (κ1) is 14.9. The standard InChI is InChI=1S/C9H12N4O5S/c10-9(14)6-1-2-8(13(15)16)7(5-6)12-3-4-19(11,17)18/h1-2,5,12H,3-4H2,(H2,10,14)(H2,11,17,18). The molecule has 0 bridgehead atoms. The molecule has 0 aliphatic rings. The first-order valence-electron chi connectivity index (χ1n) is 5.03. The van der Waals surface area contributed by atoms with Crippen LogP contribution in [0, 0.1) is 10.1 Å². The number of carbonyl (C=O) groups is 1. The lowest BCUT2D eigenvalue weighted by atomic mass is 10.1. The Bertz CT molecular complexity index is 613. The Morgan fingerprint density at radius 1 is 1.42 bits per heavy atom. The number of nitro groups is 1. The minimum Gasteiger partial charge on any atom is -0.378 e. The number of nitro benzene ring substituents is 1. The Labute approximate surface area is 108 Å². The van der Waals surface area contributed by atoms with Gasteiger partial charge in [-0.2, -0.15) is 0 Å². The van der Waals surface area contributed by atoms with Gasteiger partial charge in [0.15, 0.2) is 0 Å². The number of hydrogen-bond donors (Lipinski definition) is 3. The van der Waals surface area contributed by atoms with Crippen molar-refractivity contribution in [2.24, 2.45) is 10.9 Å². The fourth-order valence-electron chi connectivity index (χ4n) is 1.32. The molecule has 0 saturated carbocycles. The number of primary amides is 1. The number of anilines is 1. The van der Waals surface area contributed by atoms with E-state index in [-0.39, 0.29) is 23.5 Å². The number of amides is 1. The van der Waals surface area contributed by atoms with Crippen LogP contribution in [0.4, 0.5) is 11.4 Å². The highest BCUT2D eigenvalue weighted by Gasteiger charge is 2.16. The van der Waals surface area contributed by atoms with Crippen LogP contribution in [0.3, 0.4) is 0 Å². The molecule has 0 aromatic heterocycles. The van der Waals surface area contributed by atoms with Crippen molar-refractivity contribution in [3.63, 3.8) is 0 Å². The Morgan fingerprint density at radius 2 is 2.05 bits per heavy atom. The van der Waals surface area contributed by atoms with Crippen LogP contribution in [0.25, 0.3) is 0 Å². The summed E-state index contributed by atoms with van der Waals surface area (Å²) in [6.07, 6.45) is 0. The number of rotatable bonds is 6. The molecule has 19 heavy (non-hydrogen) atoms. The van der Waals surface area contributed by atoms with Crippen molar-refractivity contribution in [2.75, 3.05) is 17.6 Å². The number of primary sulfonamides is 1. The van der Waals surface area contributed by atoms with E-state index in [9.17, 15) is 23.3 Å². The third-order valence-electron chi connectivity index (χ3n) is 2.18. The third-order valence-corrected chi connectivity index (χ3v) is 2.95. The molecular formula is C9H12N4O5S. The fraction of sp³-hybridized carbons (Fsp3) is 0.222. The molecule has 9 nitrogen and oxygen atoms in total. The van der Waals surface area contributed by atoms with Gasteiger partial charge in [0.1, 0.15) is 5.69 Å². The molecule has 0 unspecified atom stereocenters. The molecule has 0 heterocycles. The molecule has 104 valence electrons. The van der Waals surface area contributed by atoms with Crippen LogP contribution in [-0.4, -0.2) is 31.5 Å². The van der Waals surface area contributed by atoms with Gasteiger partial charge in [0.2, 0.25) is 15.9 Å². The molecule has 0 atom stereocenters. The van der Waals surface area contributed by atoms with Gasteiger partial charge in [0.25, 0.3) is 5.69 Å². The van der Waals surface area contributed by atoms with Crippen molar-refractivity contribution in [2.45, 2.75) is 0 Å². The van der Waals surface area contributed by atoms with Crippen molar-refractivity contribution in [3.8, 4) is 0 Å². The van der Waals surface area contributed by atoms with Crippen LogP contribution in [0.1, 0.15) is 10.4 Å². The van der Waals surface area contributed by atoms with E-state index in [1.165, 1.54) is 12.1 Å². The van der Waals surface area contributed by atoms with Gasteiger partial charge >= 0.3 is 0 Å². The number of carbonyl (C=O) groups excluding carboxylic acids is 1. The number of nitrogens with one attached hydrogen (secondary N) is 1. The predicted molar refractivity (Wildman–Crippen MR) is 68.1 cm³/mol. The van der Waals surface area contributed by atoms with Crippen molar-refractivity contribution >= 4 is 27.3 Å². The van der Waals surface area contributed by atoms with E-state index in [1.807, 2.05) is 0 Å². The highest BCUT2D eigenvalue weighted by Crippen LogP contribution is 2.25. The molecule has 1 rings (SSSR count). The maximum atomic E-state index is 11.0. The maximum Gasteiger partial charge on any atom is 0.292 e. The lowest BCUT2D eigenvalue weighted by molar-refractivity contribution is -0.384. The second-order valence-electron chi connectivity index (χ2n) is 3.65. The first-order chi connectivity index (χ1) is 8.70. The van der Waals surface area contributed by atoms with Gasteiger partial charge in [-0.25, -0.2) is 13.6 Å². The first-order valence-corrected chi connectivity index (χ1v) is 6.75. The average molecular weight is 288 g/mol. The Morgan fingerprint density at radius 3 is 2.53 bits per heavy atom. The van der Waals surface area contributed by atoms with Crippen LogP contribution in [0.15, 0.2) is 18.2 Å². The highest BCUT2D eigenvalue weighted by molar-refractivity contribution is 7.89. The van der Waals surface area contributed by atoms with E-state index in [2.05, 4.69) is 5.32 Å². The topological polar surface area (TPSA) is 158 Å². The van der Waals surface area contributed by atoms with E-state index in [0.717, 1.165) is 6.07 Å². The second-order valence-corrected chi connectivity index (χ2v) is 5.38. The molecule has 1 amide bonds. The highest BCUT2D eigenvalue weighted by atomic mass is 32.2. The summed E-state index contributed by atoms with van der Waals surface area (Å²) in [7, 11) is -3.68. The zero-order valence-electron chi connectivity index (χ0n) is 9.70. The van der Waals surface area contributed by atoms with Crippen molar-refractivity contribution < 1.29 is 18.1 Å². The van der Waals surface area contributed by atoms with E-state index < -0.39 is 26.6 Å².